The zero-order chi connectivity index (χ0) is 27.2. The highest BCUT2D eigenvalue weighted by atomic mass is 16.5. The Hall–Kier alpha value is -3.25. The number of amides is 4. The normalized spacial score (nSPS) is 39.6. The molecule has 0 aromatic carbocycles. The molecule has 0 aromatic heterocycles. The van der Waals surface area contributed by atoms with Crippen LogP contribution in [-0.4, -0.2) is 58.0 Å². The lowest BCUT2D eigenvalue weighted by Gasteiger charge is -2.60. The first kappa shape index (κ1) is 26.8. The van der Waals surface area contributed by atoms with Gasteiger partial charge in [0.15, 0.2) is 0 Å². The number of aliphatic hydroxyl groups is 2. The number of nitrogens with zero attached hydrogens (tertiary/aromatic N) is 2. The lowest BCUT2D eigenvalue weighted by molar-refractivity contribution is -0.146. The fraction of sp³-hybridized carbons (Fsp3) is 0.640. The van der Waals surface area contributed by atoms with Crippen LogP contribution in [0.2, 0.25) is 0 Å². The van der Waals surface area contributed by atoms with E-state index >= 15 is 0 Å². The van der Waals surface area contributed by atoms with Gasteiger partial charge in [0.25, 0.3) is 0 Å². The molecule has 0 heterocycles. The lowest BCUT2D eigenvalue weighted by atomic mass is 9.46. The van der Waals surface area contributed by atoms with Crippen molar-refractivity contribution in [2.75, 3.05) is 6.61 Å². The number of fused-ring (bicyclic) bond motifs is 5. The van der Waals surface area contributed by atoms with Crippen LogP contribution in [0, 0.1) is 28.6 Å². The van der Waals surface area contributed by atoms with Crippen LogP contribution in [0.1, 0.15) is 52.9 Å². The Kier molecular flexibility index (Phi) is 6.93. The first-order valence-electron chi connectivity index (χ1n) is 12.5. The van der Waals surface area contributed by atoms with Crippen molar-refractivity contribution in [1.29, 1.82) is 0 Å². The van der Waals surface area contributed by atoms with Crippen LogP contribution >= 0.6 is 0 Å². The third-order valence-electron chi connectivity index (χ3n) is 9.15. The third kappa shape index (κ3) is 4.52. The molecule has 7 atom stereocenters. The number of hydrogen-bond acceptors (Lipinski definition) is 8. The Morgan fingerprint density at radius 2 is 1.89 bits per heavy atom. The molecule has 0 saturated heterocycles. The van der Waals surface area contributed by atoms with Gasteiger partial charge >= 0.3 is 18.0 Å². The summed E-state index contributed by atoms with van der Waals surface area (Å²) in [5.74, 6) is -0.472. The Labute approximate surface area is 215 Å². The first-order chi connectivity index (χ1) is 17.3. The molecule has 0 spiro atoms. The molecule has 4 amide bonds. The molecule has 202 valence electrons. The fourth-order valence-electron chi connectivity index (χ4n) is 7.54. The van der Waals surface area contributed by atoms with E-state index in [9.17, 15) is 24.6 Å². The van der Waals surface area contributed by atoms with Crippen LogP contribution in [0.3, 0.4) is 0 Å². The number of esters is 1. The van der Waals surface area contributed by atoms with Gasteiger partial charge in [-0.2, -0.15) is 10.2 Å². The van der Waals surface area contributed by atoms with Crippen LogP contribution < -0.4 is 22.3 Å². The summed E-state index contributed by atoms with van der Waals surface area (Å²) in [5, 5.41) is 31.8. The third-order valence-corrected chi connectivity index (χ3v) is 9.15. The van der Waals surface area contributed by atoms with Gasteiger partial charge in [0.05, 0.1) is 11.8 Å². The molecule has 4 rings (SSSR count). The van der Waals surface area contributed by atoms with E-state index in [-0.39, 0.29) is 30.1 Å². The van der Waals surface area contributed by atoms with Gasteiger partial charge in [-0.1, -0.05) is 25.5 Å². The van der Waals surface area contributed by atoms with E-state index in [0.717, 1.165) is 18.4 Å². The van der Waals surface area contributed by atoms with Crippen LogP contribution in [0.25, 0.3) is 0 Å². The topological polar surface area (TPSA) is 202 Å². The second-order valence-electron chi connectivity index (χ2n) is 11.0. The summed E-state index contributed by atoms with van der Waals surface area (Å²) in [5.41, 5.74) is 13.9. The molecule has 0 aromatic rings. The summed E-state index contributed by atoms with van der Waals surface area (Å²) in [6, 6.07) is -1.64. The minimum Gasteiger partial charge on any atom is -0.460 e. The second-order valence-corrected chi connectivity index (χ2v) is 11.0. The Morgan fingerprint density at radius 3 is 2.54 bits per heavy atom. The number of ether oxygens (including phenoxy) is 1. The zero-order valence-corrected chi connectivity index (χ0v) is 21.4. The van der Waals surface area contributed by atoms with E-state index in [1.165, 1.54) is 6.92 Å². The number of allylic oxidation sites excluding steroid dienone is 4. The van der Waals surface area contributed by atoms with E-state index < -0.39 is 40.6 Å². The van der Waals surface area contributed by atoms with E-state index in [1.54, 1.807) is 0 Å². The first-order valence-corrected chi connectivity index (χ1v) is 12.5. The van der Waals surface area contributed by atoms with Gasteiger partial charge in [-0.3, -0.25) is 4.79 Å². The molecule has 4 aliphatic rings. The molecule has 12 nitrogen and oxygen atoms in total. The molecule has 0 aliphatic heterocycles. The smallest absolute Gasteiger partial charge is 0.332 e. The summed E-state index contributed by atoms with van der Waals surface area (Å²) in [7, 11) is 0. The summed E-state index contributed by atoms with van der Waals surface area (Å²) < 4.78 is 5.16. The molecule has 0 unspecified atom stereocenters. The van der Waals surface area contributed by atoms with Gasteiger partial charge in [-0.25, -0.2) is 20.4 Å². The number of carbonyl (C=O) groups excluding carboxylic acids is 3. The second kappa shape index (κ2) is 9.56. The molecular formula is C25H36N6O6. The average Bonchev–Trinajstić information content (AvgIpc) is 3.07. The zero-order valence-electron chi connectivity index (χ0n) is 21.4. The largest absolute Gasteiger partial charge is 0.460 e. The van der Waals surface area contributed by atoms with Crippen molar-refractivity contribution in [3.05, 3.63) is 23.8 Å². The van der Waals surface area contributed by atoms with Crippen molar-refractivity contribution in [3.63, 3.8) is 0 Å². The standard InChI is InChI=1S/C25H36N6O6/c1-13(32)37-12-19(29-31-22(27)35)25(36)9-7-17-16-5-4-14-10-15(28-30-21(26)34)6-8-23(14,2)20(16)18(33)11-24(17,25)3/h6,8,10,16-18,20,33,36H,4-5,7,9,11-12H2,1-3H3,(H3,26,30,34)(H3,27,31,35)/b28-15+,29-19-/t16-,17-,18-,20+,23-,24-,25-/m0/s1. The highest BCUT2D eigenvalue weighted by Crippen LogP contribution is 2.67. The Bertz CT molecular complexity index is 1120. The highest BCUT2D eigenvalue weighted by Gasteiger charge is 2.67. The van der Waals surface area contributed by atoms with Crippen molar-refractivity contribution in [3.8, 4) is 0 Å². The molecule has 0 radical (unpaired) electrons. The molecular weight excluding hydrogens is 480 g/mol. The van der Waals surface area contributed by atoms with Crippen molar-refractivity contribution >= 4 is 29.5 Å². The van der Waals surface area contributed by atoms with Crippen molar-refractivity contribution in [1.82, 2.24) is 10.9 Å². The van der Waals surface area contributed by atoms with Gasteiger partial charge in [0, 0.05) is 23.7 Å². The van der Waals surface area contributed by atoms with E-state index in [0.29, 0.717) is 25.0 Å². The van der Waals surface area contributed by atoms with Gasteiger partial charge in [0.1, 0.15) is 17.9 Å². The number of aliphatic hydroxyl groups excluding tert-OH is 1. The predicted molar refractivity (Wildman–Crippen MR) is 135 cm³/mol. The summed E-state index contributed by atoms with van der Waals surface area (Å²) >= 11 is 0. The molecule has 8 N–H and O–H groups in total. The maximum absolute atomic E-state index is 12.1. The number of nitrogens with two attached hydrogens (primary N) is 2. The predicted octanol–water partition coefficient (Wildman–Crippen LogP) is 1.04. The number of nitrogens with one attached hydrogen (secondary N) is 2. The van der Waals surface area contributed by atoms with Crippen LogP contribution in [0.4, 0.5) is 9.59 Å². The maximum Gasteiger partial charge on any atom is 0.332 e. The van der Waals surface area contributed by atoms with Gasteiger partial charge < -0.3 is 26.4 Å². The average molecular weight is 517 g/mol. The van der Waals surface area contributed by atoms with Crippen LogP contribution in [-0.2, 0) is 9.53 Å². The molecule has 0 bridgehead atoms. The van der Waals surface area contributed by atoms with Gasteiger partial charge in [0.2, 0.25) is 0 Å². The summed E-state index contributed by atoms with van der Waals surface area (Å²) in [4.78, 5) is 33.9. The van der Waals surface area contributed by atoms with Crippen LogP contribution in [0.15, 0.2) is 34.0 Å². The van der Waals surface area contributed by atoms with E-state index in [1.807, 2.05) is 25.2 Å². The number of primary amides is 2. The van der Waals surface area contributed by atoms with Crippen molar-refractivity contribution in [2.45, 2.75) is 64.6 Å². The molecule has 3 saturated carbocycles. The maximum atomic E-state index is 12.1. The van der Waals surface area contributed by atoms with E-state index in [2.05, 4.69) is 28.0 Å². The molecule has 37 heavy (non-hydrogen) atoms. The number of hydrogen-bond donors (Lipinski definition) is 6. The minimum atomic E-state index is -1.51. The summed E-state index contributed by atoms with van der Waals surface area (Å²) in [6.45, 7) is 5.01. The minimum absolute atomic E-state index is 0.0559. The van der Waals surface area contributed by atoms with Gasteiger partial charge in [-0.05, 0) is 56.1 Å². The fourth-order valence-corrected chi connectivity index (χ4v) is 7.54. The Morgan fingerprint density at radius 1 is 1.19 bits per heavy atom. The van der Waals surface area contributed by atoms with Gasteiger partial charge in [-0.15, -0.1) is 0 Å². The van der Waals surface area contributed by atoms with Crippen molar-refractivity contribution < 1.29 is 29.3 Å². The van der Waals surface area contributed by atoms with E-state index in [4.69, 9.17) is 16.2 Å². The number of rotatable bonds is 5. The SMILES string of the molecule is CC(=O)OC/C(=N/NC(N)=O)[C@@]1(O)CC[C@H]2[C@@H]3CCC4=C/C(=N/NC(N)=O)C=C[C@]4(C)[C@H]3[C@@H](O)C[C@@]21C. The monoisotopic (exact) mass is 516 g/mol. The van der Waals surface area contributed by atoms with Crippen LogP contribution in [0.5, 0.6) is 0 Å². The number of hydrazone groups is 2. The quantitative estimate of drug-likeness (QED) is 0.179. The highest BCUT2D eigenvalue weighted by molar-refractivity contribution is 6.06. The number of urea groups is 2. The summed E-state index contributed by atoms with van der Waals surface area (Å²) in [6.07, 6.45) is 7.97. The van der Waals surface area contributed by atoms with Crippen molar-refractivity contribution in [2.24, 2.45) is 50.3 Å². The molecule has 12 heteroatoms. The molecule has 3 fully saturated rings. The lowest BCUT2D eigenvalue weighted by Crippen LogP contribution is -2.62. The number of carbonyl (C=O) groups is 3. The molecule has 4 aliphatic carbocycles. The Balaban J connectivity index is 1.66.